The van der Waals surface area contributed by atoms with Gasteiger partial charge in [-0.05, 0) is 36.3 Å². The maximum absolute atomic E-state index is 5.56. The smallest absolute Gasteiger partial charge is 0.161 e. The summed E-state index contributed by atoms with van der Waals surface area (Å²) in [5.41, 5.74) is 2.13. The summed E-state index contributed by atoms with van der Waals surface area (Å²) in [4.78, 5) is 0. The minimum atomic E-state index is 0.720. The number of unbranched alkanes of at least 4 members (excludes halogenated alkanes) is 1. The molecule has 1 aromatic carbocycles. The van der Waals surface area contributed by atoms with Crippen LogP contribution in [-0.2, 0) is 4.74 Å². The molecule has 3 heteroatoms. The number of allylic oxidation sites excluding steroid dienone is 1. The zero-order chi connectivity index (χ0) is 13.0. The lowest BCUT2D eigenvalue weighted by Crippen LogP contribution is -1.99. The maximum atomic E-state index is 5.56. The van der Waals surface area contributed by atoms with Gasteiger partial charge in [-0.2, -0.15) is 0 Å². The Labute approximate surface area is 108 Å². The summed E-state index contributed by atoms with van der Waals surface area (Å²) in [5.74, 6) is 2.34. The van der Waals surface area contributed by atoms with E-state index in [1.54, 1.807) is 20.5 Å². The first-order valence-corrected chi connectivity index (χ1v) is 6.10. The SMILES string of the molecule is CCC/C=C1/OC=Cc2cc(OC)c(OC)cc21. The third kappa shape index (κ3) is 2.35. The van der Waals surface area contributed by atoms with Crippen molar-refractivity contribution in [2.45, 2.75) is 19.8 Å². The van der Waals surface area contributed by atoms with Crippen LogP contribution < -0.4 is 9.47 Å². The van der Waals surface area contributed by atoms with E-state index in [1.165, 1.54) is 0 Å². The second-order valence-electron chi connectivity index (χ2n) is 4.07. The predicted molar refractivity (Wildman–Crippen MR) is 72.6 cm³/mol. The van der Waals surface area contributed by atoms with Crippen molar-refractivity contribution in [3.8, 4) is 11.5 Å². The Balaban J connectivity index is 2.47. The highest BCUT2D eigenvalue weighted by Gasteiger charge is 2.16. The average Bonchev–Trinajstić information content (AvgIpc) is 2.43. The van der Waals surface area contributed by atoms with Crippen LogP contribution in [0.4, 0.5) is 0 Å². The van der Waals surface area contributed by atoms with Crippen LogP contribution in [0, 0.1) is 0 Å². The molecule has 2 rings (SSSR count). The number of benzene rings is 1. The molecule has 0 fully saturated rings. The van der Waals surface area contributed by atoms with Gasteiger partial charge in [0.2, 0.25) is 0 Å². The van der Waals surface area contributed by atoms with E-state index < -0.39 is 0 Å². The van der Waals surface area contributed by atoms with Crippen LogP contribution in [0.5, 0.6) is 11.5 Å². The van der Waals surface area contributed by atoms with Gasteiger partial charge in [0.25, 0.3) is 0 Å². The summed E-state index contributed by atoms with van der Waals surface area (Å²) >= 11 is 0. The molecule has 1 aliphatic heterocycles. The fourth-order valence-corrected chi connectivity index (χ4v) is 1.92. The van der Waals surface area contributed by atoms with Crippen LogP contribution in [0.15, 0.2) is 24.5 Å². The van der Waals surface area contributed by atoms with Crippen molar-refractivity contribution in [3.05, 3.63) is 35.6 Å². The molecule has 0 radical (unpaired) electrons. The van der Waals surface area contributed by atoms with Crippen molar-refractivity contribution in [3.63, 3.8) is 0 Å². The van der Waals surface area contributed by atoms with Gasteiger partial charge in [0.05, 0.1) is 20.5 Å². The first kappa shape index (κ1) is 12.6. The number of ether oxygens (including phenoxy) is 3. The maximum Gasteiger partial charge on any atom is 0.161 e. The molecule has 0 amide bonds. The summed E-state index contributed by atoms with van der Waals surface area (Å²) in [6.45, 7) is 2.14. The molecule has 0 bridgehead atoms. The molecular formula is C15H18O3. The highest BCUT2D eigenvalue weighted by Crippen LogP contribution is 2.36. The minimum absolute atomic E-state index is 0.720. The Hall–Kier alpha value is -1.90. The number of rotatable bonds is 4. The van der Waals surface area contributed by atoms with Gasteiger partial charge < -0.3 is 14.2 Å². The molecule has 1 aliphatic rings. The molecule has 0 saturated carbocycles. The molecule has 0 spiro atoms. The van der Waals surface area contributed by atoms with E-state index in [2.05, 4.69) is 13.0 Å². The van der Waals surface area contributed by atoms with E-state index in [9.17, 15) is 0 Å². The Kier molecular flexibility index (Phi) is 3.92. The van der Waals surface area contributed by atoms with E-state index in [-0.39, 0.29) is 0 Å². The molecule has 18 heavy (non-hydrogen) atoms. The zero-order valence-electron chi connectivity index (χ0n) is 11.0. The van der Waals surface area contributed by atoms with E-state index >= 15 is 0 Å². The quantitative estimate of drug-likeness (QED) is 0.807. The van der Waals surface area contributed by atoms with Crippen molar-refractivity contribution >= 4 is 11.8 Å². The van der Waals surface area contributed by atoms with Crippen LogP contribution in [-0.4, -0.2) is 14.2 Å². The monoisotopic (exact) mass is 246 g/mol. The van der Waals surface area contributed by atoms with Gasteiger partial charge in [0, 0.05) is 5.56 Å². The first-order chi connectivity index (χ1) is 8.80. The largest absolute Gasteiger partial charge is 0.493 e. The number of hydrogen-bond acceptors (Lipinski definition) is 3. The summed E-state index contributed by atoms with van der Waals surface area (Å²) in [6, 6.07) is 3.92. The molecule has 0 atom stereocenters. The summed E-state index contributed by atoms with van der Waals surface area (Å²) in [6.07, 6.45) is 7.83. The summed E-state index contributed by atoms with van der Waals surface area (Å²) in [5, 5.41) is 0. The van der Waals surface area contributed by atoms with Crippen molar-refractivity contribution in [1.29, 1.82) is 0 Å². The summed E-state index contributed by atoms with van der Waals surface area (Å²) < 4.78 is 16.2. The van der Waals surface area contributed by atoms with E-state index in [1.807, 2.05) is 18.2 Å². The third-order valence-electron chi connectivity index (χ3n) is 2.88. The fraction of sp³-hybridized carbons (Fsp3) is 0.333. The van der Waals surface area contributed by atoms with Crippen molar-refractivity contribution in [1.82, 2.24) is 0 Å². The number of methoxy groups -OCH3 is 2. The van der Waals surface area contributed by atoms with E-state index in [4.69, 9.17) is 14.2 Å². The second-order valence-corrected chi connectivity index (χ2v) is 4.07. The van der Waals surface area contributed by atoms with Gasteiger partial charge in [-0.3, -0.25) is 0 Å². The van der Waals surface area contributed by atoms with Crippen molar-refractivity contribution < 1.29 is 14.2 Å². The third-order valence-corrected chi connectivity index (χ3v) is 2.88. The molecule has 1 heterocycles. The van der Waals surface area contributed by atoms with Crippen LogP contribution in [0.25, 0.3) is 11.8 Å². The fourth-order valence-electron chi connectivity index (χ4n) is 1.92. The van der Waals surface area contributed by atoms with Crippen molar-refractivity contribution in [2.75, 3.05) is 14.2 Å². The molecule has 3 nitrogen and oxygen atoms in total. The normalized spacial score (nSPS) is 15.2. The predicted octanol–water partition coefficient (Wildman–Crippen LogP) is 3.85. The highest BCUT2D eigenvalue weighted by atomic mass is 16.5. The first-order valence-electron chi connectivity index (χ1n) is 6.10. The molecular weight excluding hydrogens is 228 g/mol. The van der Waals surface area contributed by atoms with Crippen molar-refractivity contribution in [2.24, 2.45) is 0 Å². The van der Waals surface area contributed by atoms with Gasteiger partial charge >= 0.3 is 0 Å². The molecule has 0 aliphatic carbocycles. The second kappa shape index (κ2) is 5.63. The molecule has 0 unspecified atom stereocenters. The minimum Gasteiger partial charge on any atom is -0.493 e. The lowest BCUT2D eigenvalue weighted by atomic mass is 10.0. The Bertz CT molecular complexity index is 487. The Morgan fingerprint density at radius 1 is 1.17 bits per heavy atom. The Morgan fingerprint density at radius 2 is 1.89 bits per heavy atom. The van der Waals surface area contributed by atoms with Crippen LogP contribution >= 0.6 is 0 Å². The van der Waals surface area contributed by atoms with E-state index in [0.29, 0.717) is 0 Å². The van der Waals surface area contributed by atoms with Gasteiger partial charge in [0.15, 0.2) is 11.5 Å². The molecule has 96 valence electrons. The molecule has 0 saturated heterocycles. The van der Waals surface area contributed by atoms with Gasteiger partial charge in [0.1, 0.15) is 5.76 Å². The van der Waals surface area contributed by atoms with Crippen LogP contribution in [0.2, 0.25) is 0 Å². The molecule has 1 aromatic rings. The molecule has 0 N–H and O–H groups in total. The summed E-state index contributed by atoms with van der Waals surface area (Å²) in [7, 11) is 3.28. The molecule has 0 aromatic heterocycles. The standard InChI is InChI=1S/C15H18O3/c1-4-5-6-13-12-10-15(17-3)14(16-2)9-11(12)7-8-18-13/h6-10H,4-5H2,1-3H3/b13-6+. The lowest BCUT2D eigenvalue weighted by Gasteiger charge is -2.18. The average molecular weight is 246 g/mol. The number of hydrogen-bond donors (Lipinski definition) is 0. The highest BCUT2D eigenvalue weighted by molar-refractivity contribution is 5.76. The topological polar surface area (TPSA) is 27.7 Å². The van der Waals surface area contributed by atoms with Gasteiger partial charge in [-0.25, -0.2) is 0 Å². The van der Waals surface area contributed by atoms with Gasteiger partial charge in [-0.1, -0.05) is 13.3 Å². The number of fused-ring (bicyclic) bond motifs is 1. The Morgan fingerprint density at radius 3 is 2.56 bits per heavy atom. The lowest BCUT2D eigenvalue weighted by molar-refractivity contribution is 0.354. The van der Waals surface area contributed by atoms with Gasteiger partial charge in [-0.15, -0.1) is 0 Å². The van der Waals surface area contributed by atoms with Crippen LogP contribution in [0.1, 0.15) is 30.9 Å². The van der Waals surface area contributed by atoms with E-state index in [0.717, 1.165) is 41.2 Å². The van der Waals surface area contributed by atoms with Crippen LogP contribution in [0.3, 0.4) is 0 Å². The zero-order valence-corrected chi connectivity index (χ0v) is 11.0.